The normalized spacial score (nSPS) is 24.7. The van der Waals surface area contributed by atoms with Crippen LogP contribution in [0.1, 0.15) is 33.0 Å². The van der Waals surface area contributed by atoms with E-state index in [0.717, 1.165) is 51.5 Å². The van der Waals surface area contributed by atoms with Crippen molar-refractivity contribution in [2.45, 2.75) is 45.7 Å². The standard InChI is InChI=1S/C18H29N5O2/c1-13(2)8-17-19-10-15(11-20-17)21-18(24)23-12-16(9-14(23)3)22-4-6-25-7-5-22/h10-11,13-14,16H,4-9,12H2,1-3H3,(H,21,24)/t14-,16+/m1/s1. The fraction of sp³-hybridized carbons (Fsp3) is 0.722. The Hall–Kier alpha value is -1.73. The molecule has 2 saturated heterocycles. The van der Waals surface area contributed by atoms with Gasteiger partial charge in [-0.05, 0) is 19.3 Å². The summed E-state index contributed by atoms with van der Waals surface area (Å²) in [5.74, 6) is 1.33. The summed E-state index contributed by atoms with van der Waals surface area (Å²) in [5, 5.41) is 2.94. The van der Waals surface area contributed by atoms with Crippen molar-refractivity contribution in [2.24, 2.45) is 5.92 Å². The number of nitrogens with one attached hydrogen (secondary N) is 1. The molecule has 0 saturated carbocycles. The lowest BCUT2D eigenvalue weighted by Gasteiger charge is -2.32. The Balaban J connectivity index is 1.55. The number of hydrogen-bond donors (Lipinski definition) is 1. The zero-order valence-corrected chi connectivity index (χ0v) is 15.4. The van der Waals surface area contributed by atoms with Gasteiger partial charge in [0, 0.05) is 38.1 Å². The molecule has 2 fully saturated rings. The summed E-state index contributed by atoms with van der Waals surface area (Å²) in [7, 11) is 0. The average molecular weight is 347 g/mol. The molecule has 7 nitrogen and oxygen atoms in total. The lowest BCUT2D eigenvalue weighted by atomic mass is 10.1. The minimum Gasteiger partial charge on any atom is -0.379 e. The predicted molar refractivity (Wildman–Crippen MR) is 96.6 cm³/mol. The van der Waals surface area contributed by atoms with Gasteiger partial charge in [0.15, 0.2) is 0 Å². The van der Waals surface area contributed by atoms with Crippen LogP contribution in [0.5, 0.6) is 0 Å². The molecule has 0 aromatic carbocycles. The molecule has 2 atom stereocenters. The molecule has 0 bridgehead atoms. The van der Waals surface area contributed by atoms with E-state index in [2.05, 4.69) is 41.0 Å². The van der Waals surface area contributed by atoms with Crippen LogP contribution in [-0.4, -0.2) is 70.7 Å². The molecule has 1 aromatic rings. The van der Waals surface area contributed by atoms with Crippen LogP contribution in [0.2, 0.25) is 0 Å². The SMILES string of the molecule is CC(C)Cc1ncc(NC(=O)N2C[C@@H](N3CCOCC3)C[C@H]2C)cn1. The molecule has 0 radical (unpaired) electrons. The second-order valence-electron chi connectivity index (χ2n) is 7.46. The van der Waals surface area contributed by atoms with E-state index in [1.54, 1.807) is 12.4 Å². The lowest BCUT2D eigenvalue weighted by Crippen LogP contribution is -2.45. The van der Waals surface area contributed by atoms with Gasteiger partial charge in [-0.1, -0.05) is 13.8 Å². The van der Waals surface area contributed by atoms with Crippen LogP contribution in [0.3, 0.4) is 0 Å². The maximum Gasteiger partial charge on any atom is 0.322 e. The number of rotatable bonds is 4. The number of aromatic nitrogens is 2. The van der Waals surface area contributed by atoms with Gasteiger partial charge >= 0.3 is 6.03 Å². The van der Waals surface area contributed by atoms with Gasteiger partial charge in [-0.15, -0.1) is 0 Å². The van der Waals surface area contributed by atoms with Gasteiger partial charge in [-0.3, -0.25) is 4.90 Å². The fourth-order valence-electron chi connectivity index (χ4n) is 3.58. The van der Waals surface area contributed by atoms with Crippen molar-refractivity contribution < 1.29 is 9.53 Å². The highest BCUT2D eigenvalue weighted by molar-refractivity contribution is 5.89. The summed E-state index contributed by atoms with van der Waals surface area (Å²) >= 11 is 0. The summed E-state index contributed by atoms with van der Waals surface area (Å²) < 4.78 is 5.42. The van der Waals surface area contributed by atoms with Gasteiger partial charge in [0.2, 0.25) is 0 Å². The first-order valence-corrected chi connectivity index (χ1v) is 9.23. The molecule has 0 aliphatic carbocycles. The number of anilines is 1. The first-order valence-electron chi connectivity index (χ1n) is 9.23. The van der Waals surface area contributed by atoms with Crippen molar-refractivity contribution in [1.29, 1.82) is 0 Å². The Morgan fingerprint density at radius 2 is 2.00 bits per heavy atom. The van der Waals surface area contributed by atoms with Crippen LogP contribution in [0.25, 0.3) is 0 Å². The van der Waals surface area contributed by atoms with E-state index in [9.17, 15) is 4.79 Å². The van der Waals surface area contributed by atoms with Gasteiger partial charge in [-0.25, -0.2) is 14.8 Å². The van der Waals surface area contributed by atoms with Gasteiger partial charge in [0.1, 0.15) is 5.82 Å². The number of nitrogens with zero attached hydrogens (tertiary/aromatic N) is 4. The summed E-state index contributed by atoms with van der Waals surface area (Å²) in [6.45, 7) is 10.6. The topological polar surface area (TPSA) is 70.6 Å². The van der Waals surface area contributed by atoms with Crippen molar-refractivity contribution in [1.82, 2.24) is 19.8 Å². The summed E-state index contributed by atoms with van der Waals surface area (Å²) in [6.07, 6.45) is 5.25. The number of carbonyl (C=O) groups excluding carboxylic acids is 1. The maximum absolute atomic E-state index is 12.6. The first-order chi connectivity index (χ1) is 12.0. The molecule has 3 rings (SSSR count). The zero-order valence-electron chi connectivity index (χ0n) is 15.4. The number of ether oxygens (including phenoxy) is 1. The van der Waals surface area contributed by atoms with Gasteiger partial charge in [0.05, 0.1) is 31.3 Å². The highest BCUT2D eigenvalue weighted by Gasteiger charge is 2.36. The molecule has 138 valence electrons. The Morgan fingerprint density at radius 3 is 2.64 bits per heavy atom. The third-order valence-electron chi connectivity index (χ3n) is 4.92. The molecular weight excluding hydrogens is 318 g/mol. The quantitative estimate of drug-likeness (QED) is 0.902. The third-order valence-corrected chi connectivity index (χ3v) is 4.92. The van der Waals surface area contributed by atoms with Crippen LogP contribution < -0.4 is 5.32 Å². The summed E-state index contributed by atoms with van der Waals surface area (Å²) in [6, 6.07) is 0.590. The van der Waals surface area contributed by atoms with E-state index in [4.69, 9.17) is 4.74 Å². The number of morpholine rings is 1. The van der Waals surface area contributed by atoms with Crippen molar-refractivity contribution >= 4 is 11.7 Å². The largest absolute Gasteiger partial charge is 0.379 e. The number of amides is 2. The molecule has 0 unspecified atom stereocenters. The Morgan fingerprint density at radius 1 is 1.32 bits per heavy atom. The number of likely N-dealkylation sites (tertiary alicyclic amines) is 1. The number of carbonyl (C=O) groups is 1. The zero-order chi connectivity index (χ0) is 17.8. The molecule has 25 heavy (non-hydrogen) atoms. The predicted octanol–water partition coefficient (Wildman–Crippen LogP) is 2.00. The van der Waals surface area contributed by atoms with Crippen LogP contribution >= 0.6 is 0 Å². The third kappa shape index (κ3) is 4.67. The van der Waals surface area contributed by atoms with Crippen molar-refractivity contribution in [3.05, 3.63) is 18.2 Å². The van der Waals surface area contributed by atoms with Crippen LogP contribution in [0.15, 0.2) is 12.4 Å². The molecular formula is C18H29N5O2. The summed E-state index contributed by atoms with van der Waals surface area (Å²) in [4.78, 5) is 25.7. The molecule has 1 N–H and O–H groups in total. The van der Waals surface area contributed by atoms with Crippen LogP contribution in [0.4, 0.5) is 10.5 Å². The molecule has 2 amide bonds. The van der Waals surface area contributed by atoms with Crippen LogP contribution in [0, 0.1) is 5.92 Å². The minimum absolute atomic E-state index is 0.0662. The Kier molecular flexibility index (Phi) is 5.86. The molecule has 0 spiro atoms. The smallest absolute Gasteiger partial charge is 0.322 e. The average Bonchev–Trinajstić information content (AvgIpc) is 2.99. The van der Waals surface area contributed by atoms with E-state index in [0.29, 0.717) is 17.6 Å². The molecule has 2 aliphatic rings. The minimum atomic E-state index is -0.0662. The van der Waals surface area contributed by atoms with Crippen molar-refractivity contribution in [2.75, 3.05) is 38.2 Å². The van der Waals surface area contributed by atoms with E-state index in [1.165, 1.54) is 0 Å². The molecule has 7 heteroatoms. The monoisotopic (exact) mass is 347 g/mol. The van der Waals surface area contributed by atoms with E-state index in [-0.39, 0.29) is 12.1 Å². The van der Waals surface area contributed by atoms with Gasteiger partial charge in [-0.2, -0.15) is 0 Å². The highest BCUT2D eigenvalue weighted by Crippen LogP contribution is 2.23. The van der Waals surface area contributed by atoms with Gasteiger partial charge < -0.3 is 15.0 Å². The maximum atomic E-state index is 12.6. The van der Waals surface area contributed by atoms with E-state index < -0.39 is 0 Å². The second-order valence-corrected chi connectivity index (χ2v) is 7.46. The van der Waals surface area contributed by atoms with Crippen molar-refractivity contribution in [3.63, 3.8) is 0 Å². The highest BCUT2D eigenvalue weighted by atomic mass is 16.5. The summed E-state index contributed by atoms with van der Waals surface area (Å²) in [5.41, 5.74) is 0.652. The number of urea groups is 1. The van der Waals surface area contributed by atoms with E-state index >= 15 is 0 Å². The van der Waals surface area contributed by atoms with Gasteiger partial charge in [0.25, 0.3) is 0 Å². The molecule has 3 heterocycles. The van der Waals surface area contributed by atoms with Crippen LogP contribution in [-0.2, 0) is 11.2 Å². The molecule has 1 aromatic heterocycles. The number of hydrogen-bond acceptors (Lipinski definition) is 5. The Labute approximate surface area is 149 Å². The first kappa shape index (κ1) is 18.1. The Bertz CT molecular complexity index is 571. The van der Waals surface area contributed by atoms with E-state index in [1.807, 2.05) is 4.90 Å². The molecule has 2 aliphatic heterocycles. The fourth-order valence-corrected chi connectivity index (χ4v) is 3.58. The van der Waals surface area contributed by atoms with Crippen molar-refractivity contribution in [3.8, 4) is 0 Å². The lowest BCUT2D eigenvalue weighted by molar-refractivity contribution is 0.0191. The second kappa shape index (κ2) is 8.10.